The van der Waals surface area contributed by atoms with E-state index in [9.17, 15) is 9.90 Å². The molecular weight excluding hydrogens is 238 g/mol. The summed E-state index contributed by atoms with van der Waals surface area (Å²) in [4.78, 5) is 13.6. The number of carboxylic acid groups (broad SMARTS) is 1. The molecule has 0 saturated heterocycles. The highest BCUT2D eigenvalue weighted by Gasteiger charge is 2.16. The molecule has 1 rings (SSSR count). The lowest BCUT2D eigenvalue weighted by atomic mass is 9.96. The van der Waals surface area contributed by atoms with Crippen LogP contribution in [0, 0.1) is 5.92 Å². The maximum Gasteiger partial charge on any atom is 0.336 e. The normalized spacial score (nSPS) is 10.8. The molecule has 0 aliphatic heterocycles. The lowest BCUT2D eigenvalue weighted by Crippen LogP contribution is -2.24. The minimum absolute atomic E-state index is 0.449. The molecule has 0 bridgehead atoms. The third kappa shape index (κ3) is 3.98. The van der Waals surface area contributed by atoms with Crippen LogP contribution >= 0.6 is 0 Å². The molecule has 0 radical (unpaired) electrons. The average molecular weight is 263 g/mol. The van der Waals surface area contributed by atoms with Gasteiger partial charge in [0.05, 0.1) is 5.56 Å². The van der Waals surface area contributed by atoms with Gasteiger partial charge in [-0.3, -0.25) is 0 Å². The van der Waals surface area contributed by atoms with Crippen molar-refractivity contribution in [3.05, 3.63) is 29.3 Å². The van der Waals surface area contributed by atoms with Crippen molar-refractivity contribution in [1.82, 2.24) is 0 Å². The second-order valence-corrected chi connectivity index (χ2v) is 5.21. The van der Waals surface area contributed by atoms with Crippen LogP contribution in [0.4, 0.5) is 5.69 Å². The van der Waals surface area contributed by atoms with Gasteiger partial charge in [0.15, 0.2) is 0 Å². The zero-order chi connectivity index (χ0) is 14.4. The monoisotopic (exact) mass is 263 g/mol. The third-order valence-corrected chi connectivity index (χ3v) is 3.46. The summed E-state index contributed by atoms with van der Waals surface area (Å²) in [5, 5.41) is 9.36. The van der Waals surface area contributed by atoms with Crippen molar-refractivity contribution in [3.8, 4) is 0 Å². The topological polar surface area (TPSA) is 40.5 Å². The maximum atomic E-state index is 11.4. The lowest BCUT2D eigenvalue weighted by molar-refractivity contribution is 0.0695. The summed E-state index contributed by atoms with van der Waals surface area (Å²) in [6, 6.07) is 5.59. The first-order valence-corrected chi connectivity index (χ1v) is 7.11. The number of benzene rings is 1. The molecule has 0 spiro atoms. The number of carboxylic acids is 1. The highest BCUT2D eigenvalue weighted by Crippen LogP contribution is 2.26. The van der Waals surface area contributed by atoms with E-state index >= 15 is 0 Å². The van der Waals surface area contributed by atoms with Crippen molar-refractivity contribution >= 4 is 11.7 Å². The van der Waals surface area contributed by atoms with Crippen LogP contribution < -0.4 is 4.90 Å². The van der Waals surface area contributed by atoms with E-state index in [-0.39, 0.29) is 0 Å². The summed E-state index contributed by atoms with van der Waals surface area (Å²) in [6.07, 6.45) is 1.84. The standard InChI is InChI=1S/C16H25NO2/c1-5-17(6-2)15-9-7-8-14(16(18)19)13(15)11-10-12(3)4/h7-9,12H,5-6,10-11H2,1-4H3,(H,18,19). The maximum absolute atomic E-state index is 11.4. The third-order valence-electron chi connectivity index (χ3n) is 3.46. The fourth-order valence-corrected chi connectivity index (χ4v) is 2.33. The van der Waals surface area contributed by atoms with E-state index in [4.69, 9.17) is 0 Å². The summed E-state index contributed by atoms with van der Waals surface area (Å²) in [5.74, 6) is -0.251. The van der Waals surface area contributed by atoms with Crippen molar-refractivity contribution in [1.29, 1.82) is 0 Å². The minimum atomic E-state index is -0.826. The van der Waals surface area contributed by atoms with Crippen molar-refractivity contribution in [2.24, 2.45) is 5.92 Å². The van der Waals surface area contributed by atoms with Gasteiger partial charge in [0.25, 0.3) is 0 Å². The largest absolute Gasteiger partial charge is 0.478 e. The van der Waals surface area contributed by atoms with Crippen molar-refractivity contribution in [2.45, 2.75) is 40.5 Å². The second-order valence-electron chi connectivity index (χ2n) is 5.21. The molecule has 0 aliphatic rings. The van der Waals surface area contributed by atoms with Gasteiger partial charge in [0.2, 0.25) is 0 Å². The van der Waals surface area contributed by atoms with E-state index < -0.39 is 5.97 Å². The van der Waals surface area contributed by atoms with E-state index in [0.717, 1.165) is 37.2 Å². The average Bonchev–Trinajstić information content (AvgIpc) is 2.38. The SMILES string of the molecule is CCN(CC)c1cccc(C(=O)O)c1CCC(C)C. The van der Waals surface area contributed by atoms with Gasteiger partial charge in [-0.2, -0.15) is 0 Å². The Balaban J connectivity index is 3.20. The Labute approximate surface area is 116 Å². The molecule has 0 heterocycles. The zero-order valence-corrected chi connectivity index (χ0v) is 12.4. The first kappa shape index (κ1) is 15.5. The minimum Gasteiger partial charge on any atom is -0.478 e. The number of nitrogens with zero attached hydrogens (tertiary/aromatic N) is 1. The molecular formula is C16H25NO2. The van der Waals surface area contributed by atoms with Crippen LogP contribution in [0.25, 0.3) is 0 Å². The Hall–Kier alpha value is -1.51. The van der Waals surface area contributed by atoms with E-state index in [1.54, 1.807) is 6.07 Å². The first-order valence-electron chi connectivity index (χ1n) is 7.11. The van der Waals surface area contributed by atoms with Crippen molar-refractivity contribution < 1.29 is 9.90 Å². The molecule has 0 atom stereocenters. The molecule has 3 nitrogen and oxygen atoms in total. The molecule has 0 saturated carbocycles. The number of hydrogen-bond donors (Lipinski definition) is 1. The summed E-state index contributed by atoms with van der Waals surface area (Å²) < 4.78 is 0. The molecule has 0 aliphatic carbocycles. The number of hydrogen-bond acceptors (Lipinski definition) is 2. The number of rotatable bonds is 7. The summed E-state index contributed by atoms with van der Waals surface area (Å²) in [7, 11) is 0. The fourth-order valence-electron chi connectivity index (χ4n) is 2.33. The number of aromatic carboxylic acids is 1. The van der Waals surface area contributed by atoms with E-state index in [1.165, 1.54) is 0 Å². The Morgan fingerprint density at radius 1 is 1.26 bits per heavy atom. The molecule has 106 valence electrons. The predicted octanol–water partition coefficient (Wildman–Crippen LogP) is 3.82. The summed E-state index contributed by atoms with van der Waals surface area (Å²) >= 11 is 0. The predicted molar refractivity (Wildman–Crippen MR) is 80.1 cm³/mol. The molecule has 1 N–H and O–H groups in total. The van der Waals surface area contributed by atoms with Crippen LogP contribution in [-0.2, 0) is 6.42 Å². The highest BCUT2D eigenvalue weighted by molar-refractivity contribution is 5.91. The molecule has 3 heteroatoms. The van der Waals surface area contributed by atoms with Gasteiger partial charge in [-0.1, -0.05) is 19.9 Å². The first-order chi connectivity index (χ1) is 9.01. The van der Waals surface area contributed by atoms with Gasteiger partial charge in [0, 0.05) is 18.8 Å². The van der Waals surface area contributed by atoms with Gasteiger partial charge in [-0.15, -0.1) is 0 Å². The zero-order valence-electron chi connectivity index (χ0n) is 12.4. The molecule has 1 aromatic carbocycles. The van der Waals surface area contributed by atoms with Crippen LogP contribution in [-0.4, -0.2) is 24.2 Å². The van der Waals surface area contributed by atoms with Gasteiger partial charge in [-0.05, 0) is 50.3 Å². The van der Waals surface area contributed by atoms with Crippen molar-refractivity contribution in [3.63, 3.8) is 0 Å². The summed E-state index contributed by atoms with van der Waals surface area (Å²) in [6.45, 7) is 10.3. The number of anilines is 1. The Kier molecular flexibility index (Phi) is 5.87. The Morgan fingerprint density at radius 2 is 1.89 bits per heavy atom. The van der Waals surface area contributed by atoms with Crippen LogP contribution in [0.15, 0.2) is 18.2 Å². The molecule has 0 aromatic heterocycles. The van der Waals surface area contributed by atoms with Crippen LogP contribution in [0.3, 0.4) is 0 Å². The molecule has 0 unspecified atom stereocenters. The van der Waals surface area contributed by atoms with Crippen molar-refractivity contribution in [2.75, 3.05) is 18.0 Å². The molecule has 0 amide bonds. The van der Waals surface area contributed by atoms with E-state index in [2.05, 4.69) is 32.6 Å². The van der Waals surface area contributed by atoms with E-state index in [1.807, 2.05) is 12.1 Å². The smallest absolute Gasteiger partial charge is 0.336 e. The Bertz CT molecular complexity index is 423. The summed E-state index contributed by atoms with van der Waals surface area (Å²) in [5.41, 5.74) is 2.50. The van der Waals surface area contributed by atoms with Gasteiger partial charge < -0.3 is 10.0 Å². The molecule has 19 heavy (non-hydrogen) atoms. The second kappa shape index (κ2) is 7.17. The molecule has 0 fully saturated rings. The number of carbonyl (C=O) groups is 1. The van der Waals surface area contributed by atoms with Crippen LogP contribution in [0.5, 0.6) is 0 Å². The van der Waals surface area contributed by atoms with Gasteiger partial charge in [0.1, 0.15) is 0 Å². The van der Waals surface area contributed by atoms with Crippen LogP contribution in [0.1, 0.15) is 50.0 Å². The quantitative estimate of drug-likeness (QED) is 0.813. The highest BCUT2D eigenvalue weighted by atomic mass is 16.4. The van der Waals surface area contributed by atoms with Gasteiger partial charge >= 0.3 is 5.97 Å². The lowest BCUT2D eigenvalue weighted by Gasteiger charge is -2.25. The molecule has 1 aromatic rings. The van der Waals surface area contributed by atoms with E-state index in [0.29, 0.717) is 11.5 Å². The van der Waals surface area contributed by atoms with Gasteiger partial charge in [-0.25, -0.2) is 4.79 Å². The Morgan fingerprint density at radius 3 is 2.37 bits per heavy atom. The fraction of sp³-hybridized carbons (Fsp3) is 0.562. The van der Waals surface area contributed by atoms with Crippen LogP contribution in [0.2, 0.25) is 0 Å².